The minimum absolute atomic E-state index is 0.0287. The Morgan fingerprint density at radius 1 is 1.14 bits per heavy atom. The number of para-hydroxylation sites is 2. The number of imidazole rings is 1. The molecule has 0 saturated carbocycles. The molecule has 3 aromatic rings. The molecule has 0 atom stereocenters. The number of aromatic nitrogens is 2. The Morgan fingerprint density at radius 2 is 1.90 bits per heavy atom. The van der Waals surface area contributed by atoms with E-state index in [9.17, 15) is 13.6 Å². The van der Waals surface area contributed by atoms with Crippen LogP contribution in [0.4, 0.5) is 14.7 Å². The Labute approximate surface area is 119 Å². The molecule has 0 aliphatic heterocycles. The number of amides is 1. The normalized spacial score (nSPS) is 10.8. The van der Waals surface area contributed by atoms with Crippen molar-refractivity contribution in [3.05, 3.63) is 59.7 Å². The number of nitrogens with one attached hydrogen (secondary N) is 1. The second kappa shape index (κ2) is 4.97. The van der Waals surface area contributed by atoms with Gasteiger partial charge in [-0.3, -0.25) is 10.1 Å². The highest BCUT2D eigenvalue weighted by Crippen LogP contribution is 2.18. The molecule has 4 nitrogen and oxygen atoms in total. The molecule has 6 heteroatoms. The van der Waals surface area contributed by atoms with Gasteiger partial charge in [0.05, 0.1) is 11.0 Å². The number of carbonyl (C=O) groups is 1. The van der Waals surface area contributed by atoms with Crippen LogP contribution in [0.3, 0.4) is 0 Å². The maximum Gasteiger partial charge on any atom is 0.258 e. The van der Waals surface area contributed by atoms with Crippen molar-refractivity contribution in [1.82, 2.24) is 9.55 Å². The third-order valence-electron chi connectivity index (χ3n) is 3.19. The first-order chi connectivity index (χ1) is 10.1. The van der Waals surface area contributed by atoms with E-state index in [1.165, 1.54) is 6.07 Å². The lowest BCUT2D eigenvalue weighted by atomic mass is 10.2. The zero-order valence-corrected chi connectivity index (χ0v) is 11.1. The Kier molecular flexibility index (Phi) is 3.13. The molecular formula is C15H11F2N3O. The molecule has 0 saturated heterocycles. The lowest BCUT2D eigenvalue weighted by Gasteiger charge is -2.05. The summed E-state index contributed by atoms with van der Waals surface area (Å²) in [7, 11) is 1.76. The molecule has 0 bridgehead atoms. The molecule has 3 rings (SSSR count). The van der Waals surface area contributed by atoms with Crippen molar-refractivity contribution >= 4 is 22.9 Å². The molecule has 0 fully saturated rings. The third-order valence-corrected chi connectivity index (χ3v) is 3.19. The van der Waals surface area contributed by atoms with E-state index >= 15 is 0 Å². The molecule has 1 N–H and O–H groups in total. The molecule has 1 heterocycles. The van der Waals surface area contributed by atoms with Gasteiger partial charge in [0, 0.05) is 12.6 Å². The van der Waals surface area contributed by atoms with E-state index in [1.807, 2.05) is 24.3 Å². The van der Waals surface area contributed by atoms with Gasteiger partial charge in [0.2, 0.25) is 5.95 Å². The predicted octanol–water partition coefficient (Wildman–Crippen LogP) is 3.10. The van der Waals surface area contributed by atoms with Crippen molar-refractivity contribution in [3.8, 4) is 0 Å². The number of rotatable bonds is 2. The van der Waals surface area contributed by atoms with E-state index in [-0.39, 0.29) is 5.56 Å². The van der Waals surface area contributed by atoms with E-state index < -0.39 is 17.5 Å². The first kappa shape index (κ1) is 13.2. The van der Waals surface area contributed by atoms with Crippen LogP contribution in [-0.4, -0.2) is 15.5 Å². The van der Waals surface area contributed by atoms with Gasteiger partial charge in [0.15, 0.2) is 11.6 Å². The van der Waals surface area contributed by atoms with Crippen molar-refractivity contribution in [3.63, 3.8) is 0 Å². The lowest BCUT2D eigenvalue weighted by molar-refractivity contribution is 0.102. The summed E-state index contributed by atoms with van der Waals surface area (Å²) in [6, 6.07) is 10.4. The quantitative estimate of drug-likeness (QED) is 0.787. The van der Waals surface area contributed by atoms with Crippen LogP contribution in [0.15, 0.2) is 42.5 Å². The minimum Gasteiger partial charge on any atom is -0.313 e. The number of anilines is 1. The van der Waals surface area contributed by atoms with Crippen LogP contribution in [0.2, 0.25) is 0 Å². The van der Waals surface area contributed by atoms with Crippen LogP contribution in [0.5, 0.6) is 0 Å². The summed E-state index contributed by atoms with van der Waals surface area (Å²) in [5.74, 6) is -2.26. The number of hydrogen-bond donors (Lipinski definition) is 1. The summed E-state index contributed by atoms with van der Waals surface area (Å²) in [5, 5.41) is 2.59. The van der Waals surface area contributed by atoms with Gasteiger partial charge in [-0.1, -0.05) is 12.1 Å². The fourth-order valence-corrected chi connectivity index (χ4v) is 2.07. The van der Waals surface area contributed by atoms with Crippen molar-refractivity contribution in [2.24, 2.45) is 7.05 Å². The standard InChI is InChI=1S/C15H11F2N3O/c1-20-13-5-3-2-4-12(13)18-15(20)19-14(21)9-6-7-10(16)11(17)8-9/h2-8H,1H3,(H,18,19,21). The first-order valence-corrected chi connectivity index (χ1v) is 6.24. The van der Waals surface area contributed by atoms with Crippen molar-refractivity contribution in [1.29, 1.82) is 0 Å². The van der Waals surface area contributed by atoms with Crippen LogP contribution in [0.25, 0.3) is 11.0 Å². The Bertz CT molecular complexity index is 842. The molecular weight excluding hydrogens is 276 g/mol. The molecule has 0 radical (unpaired) electrons. The third kappa shape index (κ3) is 2.35. The average Bonchev–Trinajstić information content (AvgIpc) is 2.79. The van der Waals surface area contributed by atoms with Crippen LogP contribution in [0.1, 0.15) is 10.4 Å². The fraction of sp³-hybridized carbons (Fsp3) is 0.0667. The highest BCUT2D eigenvalue weighted by atomic mass is 19.2. The van der Waals surface area contributed by atoms with Crippen LogP contribution in [-0.2, 0) is 7.05 Å². The maximum atomic E-state index is 13.1. The van der Waals surface area contributed by atoms with Gasteiger partial charge in [-0.2, -0.15) is 0 Å². The lowest BCUT2D eigenvalue weighted by Crippen LogP contribution is -2.15. The number of fused-ring (bicyclic) bond motifs is 1. The number of halogens is 2. The summed E-state index contributed by atoms with van der Waals surface area (Å²) >= 11 is 0. The summed E-state index contributed by atoms with van der Waals surface area (Å²) in [6.07, 6.45) is 0. The average molecular weight is 287 g/mol. The van der Waals surface area contributed by atoms with Gasteiger partial charge < -0.3 is 4.57 Å². The molecule has 2 aromatic carbocycles. The second-order valence-corrected chi connectivity index (χ2v) is 4.57. The Morgan fingerprint density at radius 3 is 2.62 bits per heavy atom. The number of benzene rings is 2. The van der Waals surface area contributed by atoms with Gasteiger partial charge in [0.1, 0.15) is 0 Å². The Balaban J connectivity index is 1.92. The second-order valence-electron chi connectivity index (χ2n) is 4.57. The Hall–Kier alpha value is -2.76. The zero-order valence-electron chi connectivity index (χ0n) is 11.1. The number of hydrogen-bond acceptors (Lipinski definition) is 2. The van der Waals surface area contributed by atoms with Gasteiger partial charge in [-0.05, 0) is 30.3 Å². The highest BCUT2D eigenvalue weighted by molar-refractivity contribution is 6.04. The van der Waals surface area contributed by atoms with Gasteiger partial charge in [-0.15, -0.1) is 0 Å². The van der Waals surface area contributed by atoms with Crippen LogP contribution < -0.4 is 5.32 Å². The molecule has 106 valence electrons. The molecule has 0 spiro atoms. The molecule has 21 heavy (non-hydrogen) atoms. The highest BCUT2D eigenvalue weighted by Gasteiger charge is 2.13. The summed E-state index contributed by atoms with van der Waals surface area (Å²) in [5.41, 5.74) is 1.62. The van der Waals surface area contributed by atoms with E-state index in [2.05, 4.69) is 10.3 Å². The maximum absolute atomic E-state index is 13.1. The van der Waals surface area contributed by atoms with Gasteiger partial charge >= 0.3 is 0 Å². The van der Waals surface area contributed by atoms with Crippen molar-refractivity contribution in [2.75, 3.05) is 5.32 Å². The number of nitrogens with zero attached hydrogens (tertiary/aromatic N) is 2. The SMILES string of the molecule is Cn1c(NC(=O)c2ccc(F)c(F)c2)nc2ccccc21. The fourth-order valence-electron chi connectivity index (χ4n) is 2.07. The first-order valence-electron chi connectivity index (χ1n) is 6.24. The van der Waals surface area contributed by atoms with Gasteiger partial charge in [0.25, 0.3) is 5.91 Å². The topological polar surface area (TPSA) is 46.9 Å². The monoisotopic (exact) mass is 287 g/mol. The molecule has 0 aliphatic rings. The molecule has 0 unspecified atom stereocenters. The predicted molar refractivity (Wildman–Crippen MR) is 75.0 cm³/mol. The minimum atomic E-state index is -1.06. The summed E-state index contributed by atoms with van der Waals surface area (Å²) in [6.45, 7) is 0. The number of aryl methyl sites for hydroxylation is 1. The molecule has 0 aliphatic carbocycles. The zero-order chi connectivity index (χ0) is 15.0. The van der Waals surface area contributed by atoms with Crippen molar-refractivity contribution < 1.29 is 13.6 Å². The molecule has 1 aromatic heterocycles. The smallest absolute Gasteiger partial charge is 0.258 e. The van der Waals surface area contributed by atoms with E-state index in [1.54, 1.807) is 11.6 Å². The van der Waals surface area contributed by atoms with Crippen molar-refractivity contribution in [2.45, 2.75) is 0 Å². The summed E-state index contributed by atoms with van der Waals surface area (Å²) in [4.78, 5) is 16.3. The number of carbonyl (C=O) groups excluding carboxylic acids is 1. The molecule has 1 amide bonds. The van der Waals surface area contributed by atoms with Crippen LogP contribution in [0, 0.1) is 11.6 Å². The van der Waals surface area contributed by atoms with Gasteiger partial charge in [-0.25, -0.2) is 13.8 Å². The van der Waals surface area contributed by atoms with E-state index in [0.717, 1.165) is 23.2 Å². The van der Waals surface area contributed by atoms with E-state index in [4.69, 9.17) is 0 Å². The largest absolute Gasteiger partial charge is 0.313 e. The van der Waals surface area contributed by atoms with Crippen LogP contribution >= 0.6 is 0 Å². The van der Waals surface area contributed by atoms with E-state index in [0.29, 0.717) is 5.95 Å². The summed E-state index contributed by atoms with van der Waals surface area (Å²) < 4.78 is 27.7.